The molecular weight excluding hydrogens is 266 g/mol. The SMILES string of the molecule is CC(C)C(CO)N(C)Cc1ccccc1Br. The first-order valence-electron chi connectivity index (χ1n) is 5.60. The second-order valence-corrected chi connectivity index (χ2v) is 5.35. The van der Waals surface area contributed by atoms with Crippen LogP contribution in [0, 0.1) is 5.92 Å². The average Bonchev–Trinajstić information content (AvgIpc) is 2.22. The zero-order valence-corrected chi connectivity index (χ0v) is 11.7. The second kappa shape index (κ2) is 6.38. The van der Waals surface area contributed by atoms with Gasteiger partial charge in [0.25, 0.3) is 0 Å². The lowest BCUT2D eigenvalue weighted by Gasteiger charge is -2.29. The van der Waals surface area contributed by atoms with Crippen LogP contribution in [0.2, 0.25) is 0 Å². The van der Waals surface area contributed by atoms with E-state index >= 15 is 0 Å². The molecule has 0 saturated heterocycles. The van der Waals surface area contributed by atoms with Crippen molar-refractivity contribution in [3.8, 4) is 0 Å². The van der Waals surface area contributed by atoms with Crippen molar-refractivity contribution >= 4 is 15.9 Å². The lowest BCUT2D eigenvalue weighted by molar-refractivity contribution is 0.107. The Hall–Kier alpha value is -0.380. The third kappa shape index (κ3) is 3.58. The molecule has 1 rings (SSSR count). The van der Waals surface area contributed by atoms with E-state index in [9.17, 15) is 5.11 Å². The van der Waals surface area contributed by atoms with E-state index in [1.165, 1.54) is 5.56 Å². The lowest BCUT2D eigenvalue weighted by atomic mass is 10.0. The summed E-state index contributed by atoms with van der Waals surface area (Å²) in [6.07, 6.45) is 0. The van der Waals surface area contributed by atoms with Crippen LogP contribution in [0.1, 0.15) is 19.4 Å². The highest BCUT2D eigenvalue weighted by Gasteiger charge is 2.18. The van der Waals surface area contributed by atoms with Crippen LogP contribution >= 0.6 is 15.9 Å². The summed E-state index contributed by atoms with van der Waals surface area (Å²) in [6.45, 7) is 5.33. The van der Waals surface area contributed by atoms with Gasteiger partial charge < -0.3 is 5.11 Å². The molecule has 1 aromatic carbocycles. The Kier molecular flexibility index (Phi) is 5.46. The van der Waals surface area contributed by atoms with Crippen LogP contribution in [0.5, 0.6) is 0 Å². The number of benzene rings is 1. The fraction of sp³-hybridized carbons (Fsp3) is 0.538. The van der Waals surface area contributed by atoms with Gasteiger partial charge in [0.05, 0.1) is 6.61 Å². The highest BCUT2D eigenvalue weighted by Crippen LogP contribution is 2.19. The van der Waals surface area contributed by atoms with Crippen LogP contribution in [-0.2, 0) is 6.54 Å². The van der Waals surface area contributed by atoms with Gasteiger partial charge in [0.2, 0.25) is 0 Å². The number of rotatable bonds is 5. The van der Waals surface area contributed by atoms with Crippen molar-refractivity contribution in [1.82, 2.24) is 4.90 Å². The molecule has 0 aliphatic carbocycles. The van der Waals surface area contributed by atoms with E-state index < -0.39 is 0 Å². The van der Waals surface area contributed by atoms with Crippen LogP contribution in [0.3, 0.4) is 0 Å². The molecule has 0 heterocycles. The van der Waals surface area contributed by atoms with Gasteiger partial charge in [0.15, 0.2) is 0 Å². The largest absolute Gasteiger partial charge is 0.395 e. The molecule has 2 nitrogen and oxygen atoms in total. The van der Waals surface area contributed by atoms with Crippen molar-refractivity contribution in [2.24, 2.45) is 5.92 Å². The number of hydrogen-bond acceptors (Lipinski definition) is 2. The molecule has 16 heavy (non-hydrogen) atoms. The Labute approximate surface area is 106 Å². The van der Waals surface area contributed by atoms with E-state index in [-0.39, 0.29) is 12.6 Å². The van der Waals surface area contributed by atoms with Gasteiger partial charge in [-0.15, -0.1) is 0 Å². The summed E-state index contributed by atoms with van der Waals surface area (Å²) in [5.74, 6) is 0.456. The molecule has 90 valence electrons. The molecule has 0 bridgehead atoms. The molecule has 3 heteroatoms. The van der Waals surface area contributed by atoms with Gasteiger partial charge >= 0.3 is 0 Å². The molecule has 0 aliphatic heterocycles. The zero-order chi connectivity index (χ0) is 12.1. The molecule has 1 N–H and O–H groups in total. The third-order valence-electron chi connectivity index (χ3n) is 2.90. The molecule has 1 unspecified atom stereocenters. The first-order valence-corrected chi connectivity index (χ1v) is 6.40. The fourth-order valence-corrected chi connectivity index (χ4v) is 2.28. The van der Waals surface area contributed by atoms with Gasteiger partial charge in [-0.1, -0.05) is 48.0 Å². The van der Waals surface area contributed by atoms with E-state index in [1.807, 2.05) is 18.2 Å². The maximum absolute atomic E-state index is 9.36. The van der Waals surface area contributed by atoms with Gasteiger partial charge in [-0.2, -0.15) is 0 Å². The van der Waals surface area contributed by atoms with Crippen molar-refractivity contribution in [3.63, 3.8) is 0 Å². The average molecular weight is 286 g/mol. The van der Waals surface area contributed by atoms with E-state index in [2.05, 4.69) is 47.8 Å². The molecular formula is C13H20BrNO. The lowest BCUT2D eigenvalue weighted by Crippen LogP contribution is -2.38. The van der Waals surface area contributed by atoms with Crippen LogP contribution in [-0.4, -0.2) is 29.7 Å². The van der Waals surface area contributed by atoms with E-state index in [0.717, 1.165) is 11.0 Å². The van der Waals surface area contributed by atoms with Gasteiger partial charge in [-0.3, -0.25) is 4.90 Å². The molecule has 0 radical (unpaired) electrons. The minimum absolute atomic E-state index is 0.207. The van der Waals surface area contributed by atoms with Crippen molar-refractivity contribution in [2.45, 2.75) is 26.4 Å². The fourth-order valence-electron chi connectivity index (χ4n) is 1.87. The molecule has 0 aliphatic rings. The van der Waals surface area contributed by atoms with Crippen molar-refractivity contribution < 1.29 is 5.11 Å². The third-order valence-corrected chi connectivity index (χ3v) is 3.67. The standard InChI is InChI=1S/C13H20BrNO/c1-10(2)13(9-16)15(3)8-11-6-4-5-7-12(11)14/h4-7,10,13,16H,8-9H2,1-3H3. The van der Waals surface area contributed by atoms with E-state index in [4.69, 9.17) is 0 Å². The second-order valence-electron chi connectivity index (χ2n) is 4.50. The molecule has 0 aromatic heterocycles. The Morgan fingerprint density at radius 3 is 2.44 bits per heavy atom. The Morgan fingerprint density at radius 2 is 1.94 bits per heavy atom. The monoisotopic (exact) mass is 285 g/mol. The van der Waals surface area contributed by atoms with Crippen LogP contribution < -0.4 is 0 Å². The summed E-state index contributed by atoms with van der Waals surface area (Å²) in [5, 5.41) is 9.36. The maximum atomic E-state index is 9.36. The highest BCUT2D eigenvalue weighted by molar-refractivity contribution is 9.10. The smallest absolute Gasteiger partial charge is 0.0589 e. The number of aliphatic hydroxyl groups is 1. The predicted molar refractivity (Wildman–Crippen MR) is 71.3 cm³/mol. The minimum Gasteiger partial charge on any atom is -0.395 e. The van der Waals surface area contributed by atoms with Crippen molar-refractivity contribution in [2.75, 3.05) is 13.7 Å². The Bertz CT molecular complexity index is 327. The zero-order valence-electron chi connectivity index (χ0n) is 10.2. The Balaban J connectivity index is 2.70. The van der Waals surface area contributed by atoms with Gasteiger partial charge in [-0.05, 0) is 24.6 Å². The number of likely N-dealkylation sites (N-methyl/N-ethyl adjacent to an activating group) is 1. The number of halogens is 1. The molecule has 1 aromatic rings. The summed E-state index contributed by atoms with van der Waals surface area (Å²) in [7, 11) is 2.06. The molecule has 0 spiro atoms. The summed E-state index contributed by atoms with van der Waals surface area (Å²) in [6, 6.07) is 8.42. The van der Waals surface area contributed by atoms with E-state index in [0.29, 0.717) is 5.92 Å². The molecule has 0 fully saturated rings. The normalized spacial score (nSPS) is 13.4. The van der Waals surface area contributed by atoms with Gasteiger partial charge in [0.1, 0.15) is 0 Å². The highest BCUT2D eigenvalue weighted by atomic mass is 79.9. The van der Waals surface area contributed by atoms with Crippen LogP contribution in [0.25, 0.3) is 0 Å². The van der Waals surface area contributed by atoms with Crippen LogP contribution in [0.4, 0.5) is 0 Å². The first-order chi connectivity index (χ1) is 7.56. The van der Waals surface area contributed by atoms with Crippen LogP contribution in [0.15, 0.2) is 28.7 Å². The molecule has 0 amide bonds. The quantitative estimate of drug-likeness (QED) is 0.899. The molecule has 1 atom stereocenters. The molecule has 0 saturated carbocycles. The van der Waals surface area contributed by atoms with Gasteiger partial charge in [-0.25, -0.2) is 0 Å². The summed E-state index contributed by atoms with van der Waals surface area (Å²) >= 11 is 3.54. The number of aliphatic hydroxyl groups excluding tert-OH is 1. The first kappa shape index (κ1) is 13.7. The van der Waals surface area contributed by atoms with Gasteiger partial charge in [0, 0.05) is 17.1 Å². The summed E-state index contributed by atoms with van der Waals surface area (Å²) in [4.78, 5) is 2.20. The topological polar surface area (TPSA) is 23.5 Å². The van der Waals surface area contributed by atoms with E-state index in [1.54, 1.807) is 0 Å². The maximum Gasteiger partial charge on any atom is 0.0589 e. The Morgan fingerprint density at radius 1 is 1.31 bits per heavy atom. The predicted octanol–water partition coefficient (Wildman–Crippen LogP) is 2.90. The minimum atomic E-state index is 0.207. The van der Waals surface area contributed by atoms with Crippen molar-refractivity contribution in [1.29, 1.82) is 0 Å². The summed E-state index contributed by atoms with van der Waals surface area (Å²) < 4.78 is 1.13. The number of hydrogen-bond donors (Lipinski definition) is 1. The number of nitrogens with zero attached hydrogens (tertiary/aromatic N) is 1. The van der Waals surface area contributed by atoms with Crippen molar-refractivity contribution in [3.05, 3.63) is 34.3 Å². The summed E-state index contributed by atoms with van der Waals surface area (Å²) in [5.41, 5.74) is 1.25.